The van der Waals surface area contributed by atoms with E-state index >= 15 is 0 Å². The summed E-state index contributed by atoms with van der Waals surface area (Å²) in [7, 11) is 1.60. The second kappa shape index (κ2) is 9.75. The molecule has 0 atom stereocenters. The van der Waals surface area contributed by atoms with Crippen molar-refractivity contribution in [3.8, 4) is 0 Å². The highest BCUT2D eigenvalue weighted by molar-refractivity contribution is 5.99. The first-order valence-electron chi connectivity index (χ1n) is 7.19. The number of carbonyl (C=O) groups excluding carboxylic acids is 2. The molecule has 0 fully saturated rings. The molecule has 122 valence electrons. The molecular weight excluding hydrogens is 284 g/mol. The summed E-state index contributed by atoms with van der Waals surface area (Å²) in [6, 6.07) is 6.77. The van der Waals surface area contributed by atoms with E-state index in [0.29, 0.717) is 24.5 Å². The molecule has 0 aromatic heterocycles. The number of carbonyl (C=O) groups is 2. The van der Waals surface area contributed by atoms with E-state index in [1.807, 2.05) is 13.8 Å². The molecule has 1 rings (SSSR count). The van der Waals surface area contributed by atoms with Gasteiger partial charge in [-0.3, -0.25) is 4.79 Å². The van der Waals surface area contributed by atoms with Gasteiger partial charge in [-0.25, -0.2) is 4.79 Å². The monoisotopic (exact) mass is 308 g/mol. The van der Waals surface area contributed by atoms with E-state index in [4.69, 9.17) is 4.74 Å². The smallest absolute Gasteiger partial charge is 0.319 e. The lowest BCUT2D eigenvalue weighted by Gasteiger charge is -2.14. The standard InChI is InChI=1S/C15H24N4O3/c1-11(2)17-15(21)19-13-7-5-4-6-12(13)18-14(20)10-16-8-9-22-3/h4-7,11,16H,8-10H2,1-3H3,(H,18,20)(H2,17,19,21). The molecule has 0 spiro atoms. The van der Waals surface area contributed by atoms with Gasteiger partial charge in [0.15, 0.2) is 0 Å². The van der Waals surface area contributed by atoms with Gasteiger partial charge < -0.3 is 26.0 Å². The third kappa shape index (κ3) is 7.05. The normalized spacial score (nSPS) is 10.4. The van der Waals surface area contributed by atoms with Crippen LogP contribution in [-0.2, 0) is 9.53 Å². The minimum atomic E-state index is -0.310. The van der Waals surface area contributed by atoms with Crippen molar-refractivity contribution in [1.29, 1.82) is 0 Å². The number of para-hydroxylation sites is 2. The lowest BCUT2D eigenvalue weighted by atomic mass is 10.2. The summed E-state index contributed by atoms with van der Waals surface area (Å²) in [5.41, 5.74) is 1.10. The number of methoxy groups -OCH3 is 1. The Morgan fingerprint density at radius 2 is 1.77 bits per heavy atom. The van der Waals surface area contributed by atoms with E-state index < -0.39 is 0 Å². The van der Waals surface area contributed by atoms with E-state index in [1.54, 1.807) is 31.4 Å². The summed E-state index contributed by atoms with van der Waals surface area (Å²) in [6.45, 7) is 5.06. The van der Waals surface area contributed by atoms with E-state index in [1.165, 1.54) is 0 Å². The molecule has 0 unspecified atom stereocenters. The van der Waals surface area contributed by atoms with Crippen LogP contribution >= 0.6 is 0 Å². The molecule has 0 saturated carbocycles. The maximum atomic E-state index is 11.8. The second-order valence-electron chi connectivity index (χ2n) is 5.02. The minimum Gasteiger partial charge on any atom is -0.383 e. The number of nitrogens with one attached hydrogen (secondary N) is 4. The van der Waals surface area contributed by atoms with Crippen molar-refractivity contribution >= 4 is 23.3 Å². The van der Waals surface area contributed by atoms with Gasteiger partial charge in [-0.1, -0.05) is 12.1 Å². The van der Waals surface area contributed by atoms with Gasteiger partial charge in [0.25, 0.3) is 0 Å². The van der Waals surface area contributed by atoms with Crippen LogP contribution in [0.4, 0.5) is 16.2 Å². The van der Waals surface area contributed by atoms with Crippen molar-refractivity contribution in [2.24, 2.45) is 0 Å². The first-order valence-corrected chi connectivity index (χ1v) is 7.19. The minimum absolute atomic E-state index is 0.0340. The molecule has 0 heterocycles. The fraction of sp³-hybridized carbons (Fsp3) is 0.467. The predicted molar refractivity (Wildman–Crippen MR) is 87.1 cm³/mol. The van der Waals surface area contributed by atoms with Gasteiger partial charge >= 0.3 is 6.03 Å². The average molecular weight is 308 g/mol. The Labute approximate surface area is 130 Å². The topological polar surface area (TPSA) is 91.5 Å². The van der Waals surface area contributed by atoms with Crippen molar-refractivity contribution in [3.05, 3.63) is 24.3 Å². The van der Waals surface area contributed by atoms with Crippen LogP contribution in [0, 0.1) is 0 Å². The summed E-state index contributed by atoms with van der Waals surface area (Å²) >= 11 is 0. The van der Waals surface area contributed by atoms with Crippen molar-refractivity contribution in [2.75, 3.05) is 37.4 Å². The average Bonchev–Trinajstić information content (AvgIpc) is 2.45. The zero-order valence-corrected chi connectivity index (χ0v) is 13.2. The second-order valence-corrected chi connectivity index (χ2v) is 5.02. The summed E-state index contributed by atoms with van der Waals surface area (Å²) in [4.78, 5) is 23.6. The maximum absolute atomic E-state index is 11.8. The number of rotatable bonds is 8. The SMILES string of the molecule is COCCNCC(=O)Nc1ccccc1NC(=O)NC(C)C. The van der Waals surface area contributed by atoms with Gasteiger partial charge in [0.1, 0.15) is 0 Å². The summed E-state index contributed by atoms with van der Waals surface area (Å²) in [6.07, 6.45) is 0. The van der Waals surface area contributed by atoms with Gasteiger partial charge in [-0.15, -0.1) is 0 Å². The maximum Gasteiger partial charge on any atom is 0.319 e. The molecule has 7 nitrogen and oxygen atoms in total. The highest BCUT2D eigenvalue weighted by atomic mass is 16.5. The summed E-state index contributed by atoms with van der Waals surface area (Å²) in [5, 5.41) is 11.2. The number of urea groups is 1. The van der Waals surface area contributed by atoms with Gasteiger partial charge in [-0.2, -0.15) is 0 Å². The quantitative estimate of drug-likeness (QED) is 0.546. The molecule has 22 heavy (non-hydrogen) atoms. The molecule has 7 heteroatoms. The number of anilines is 2. The molecule has 4 N–H and O–H groups in total. The molecule has 1 aromatic carbocycles. The van der Waals surface area contributed by atoms with E-state index in [9.17, 15) is 9.59 Å². The van der Waals surface area contributed by atoms with Crippen molar-refractivity contribution in [1.82, 2.24) is 10.6 Å². The molecule has 0 aliphatic heterocycles. The summed E-state index contributed by atoms with van der Waals surface area (Å²) < 4.78 is 4.89. The van der Waals surface area contributed by atoms with Crippen LogP contribution in [-0.4, -0.2) is 44.8 Å². The van der Waals surface area contributed by atoms with Crippen molar-refractivity contribution in [3.63, 3.8) is 0 Å². The van der Waals surface area contributed by atoms with Crippen molar-refractivity contribution in [2.45, 2.75) is 19.9 Å². The van der Waals surface area contributed by atoms with Gasteiger partial charge in [-0.05, 0) is 26.0 Å². The largest absolute Gasteiger partial charge is 0.383 e. The Hall–Kier alpha value is -2.12. The highest BCUT2D eigenvalue weighted by Crippen LogP contribution is 2.20. The van der Waals surface area contributed by atoms with Crippen LogP contribution in [0.15, 0.2) is 24.3 Å². The van der Waals surface area contributed by atoms with E-state index in [-0.39, 0.29) is 24.5 Å². The lowest BCUT2D eigenvalue weighted by Crippen LogP contribution is -2.34. The predicted octanol–water partition coefficient (Wildman–Crippen LogP) is 1.39. The van der Waals surface area contributed by atoms with Gasteiger partial charge in [0.05, 0.1) is 24.5 Å². The van der Waals surface area contributed by atoms with Crippen LogP contribution in [0.25, 0.3) is 0 Å². The number of hydrogen-bond acceptors (Lipinski definition) is 4. The zero-order valence-electron chi connectivity index (χ0n) is 13.2. The molecule has 1 aromatic rings. The molecule has 0 radical (unpaired) electrons. The fourth-order valence-corrected chi connectivity index (χ4v) is 1.69. The Morgan fingerprint density at radius 3 is 2.36 bits per heavy atom. The van der Waals surface area contributed by atoms with Gasteiger partial charge in [0, 0.05) is 19.7 Å². The van der Waals surface area contributed by atoms with Gasteiger partial charge in [0.2, 0.25) is 5.91 Å². The number of ether oxygens (including phenoxy) is 1. The van der Waals surface area contributed by atoms with E-state index in [0.717, 1.165) is 0 Å². The number of amides is 3. The Morgan fingerprint density at radius 1 is 1.14 bits per heavy atom. The van der Waals surface area contributed by atoms with Crippen LogP contribution in [0.5, 0.6) is 0 Å². The molecule has 0 aliphatic rings. The lowest BCUT2D eigenvalue weighted by molar-refractivity contribution is -0.115. The molecule has 0 saturated heterocycles. The Bertz CT molecular complexity index is 491. The highest BCUT2D eigenvalue weighted by Gasteiger charge is 2.09. The number of hydrogen-bond donors (Lipinski definition) is 4. The van der Waals surface area contributed by atoms with E-state index in [2.05, 4.69) is 21.3 Å². The van der Waals surface area contributed by atoms with Crippen LogP contribution in [0.1, 0.15) is 13.8 Å². The number of benzene rings is 1. The molecule has 0 bridgehead atoms. The Balaban J connectivity index is 2.56. The third-order valence-corrected chi connectivity index (χ3v) is 2.64. The summed E-state index contributed by atoms with van der Waals surface area (Å²) in [5.74, 6) is -0.186. The third-order valence-electron chi connectivity index (χ3n) is 2.64. The van der Waals surface area contributed by atoms with Crippen LogP contribution in [0.2, 0.25) is 0 Å². The van der Waals surface area contributed by atoms with Crippen LogP contribution in [0.3, 0.4) is 0 Å². The molecule has 3 amide bonds. The Kier molecular flexibility index (Phi) is 7.95. The van der Waals surface area contributed by atoms with Crippen LogP contribution < -0.4 is 21.3 Å². The first kappa shape index (κ1) is 17.9. The fourth-order valence-electron chi connectivity index (χ4n) is 1.69. The molecular formula is C15H24N4O3. The first-order chi connectivity index (χ1) is 10.5. The van der Waals surface area contributed by atoms with Crippen molar-refractivity contribution < 1.29 is 14.3 Å². The molecule has 0 aliphatic carbocycles. The zero-order chi connectivity index (χ0) is 16.4.